The van der Waals surface area contributed by atoms with Crippen LogP contribution >= 0.6 is 0 Å². The van der Waals surface area contributed by atoms with Gasteiger partial charge in [0.15, 0.2) is 11.6 Å². The Morgan fingerprint density at radius 2 is 1.69 bits per heavy atom. The molecule has 1 atom stereocenters. The van der Waals surface area contributed by atoms with E-state index in [1.54, 1.807) is 0 Å². The predicted molar refractivity (Wildman–Crippen MR) is 138 cm³/mol. The molecule has 5 rings (SSSR count). The van der Waals surface area contributed by atoms with Gasteiger partial charge < -0.3 is 19.7 Å². The SMILES string of the molecule is CC(=O)/C=C(/C)O.Cc1[c-]c(C2[N-]c3oc(-c4ccccc4)nc3N2c2ccccc2)cc(C)c1.[Ir]. The number of aliphatic hydroxyl groups is 1. The average Bonchev–Trinajstić information content (AvgIpc) is 3.37. The van der Waals surface area contributed by atoms with Crippen molar-refractivity contribution in [2.24, 2.45) is 0 Å². The van der Waals surface area contributed by atoms with Gasteiger partial charge in [0.1, 0.15) is 0 Å². The van der Waals surface area contributed by atoms with Gasteiger partial charge in [0.2, 0.25) is 5.89 Å². The molecule has 1 unspecified atom stereocenters. The first-order valence-corrected chi connectivity index (χ1v) is 11.3. The van der Waals surface area contributed by atoms with E-state index in [0.29, 0.717) is 11.8 Å². The van der Waals surface area contributed by atoms with Crippen LogP contribution in [0.5, 0.6) is 0 Å². The molecule has 0 saturated carbocycles. The first kappa shape index (κ1) is 26.9. The minimum atomic E-state index is -0.243. The Balaban J connectivity index is 0.000000400. The van der Waals surface area contributed by atoms with Gasteiger partial charge >= 0.3 is 0 Å². The molecule has 187 valence electrons. The fraction of sp³-hybridized carbons (Fsp3) is 0.172. The van der Waals surface area contributed by atoms with Gasteiger partial charge in [-0.15, -0.1) is 0 Å². The van der Waals surface area contributed by atoms with Crippen molar-refractivity contribution < 1.29 is 34.4 Å². The van der Waals surface area contributed by atoms with E-state index < -0.39 is 0 Å². The van der Waals surface area contributed by atoms with Gasteiger partial charge in [0, 0.05) is 37.4 Å². The zero-order valence-electron chi connectivity index (χ0n) is 20.5. The molecule has 1 N–H and O–H groups in total. The number of ketones is 1. The van der Waals surface area contributed by atoms with Crippen molar-refractivity contribution in [2.75, 3.05) is 4.90 Å². The summed E-state index contributed by atoms with van der Waals surface area (Å²) in [6.07, 6.45) is 0.923. The summed E-state index contributed by atoms with van der Waals surface area (Å²) in [5.74, 6) is 1.81. The maximum atomic E-state index is 10.0. The van der Waals surface area contributed by atoms with Crippen molar-refractivity contribution in [1.82, 2.24) is 4.98 Å². The zero-order valence-corrected chi connectivity index (χ0v) is 22.9. The van der Waals surface area contributed by atoms with E-state index in [4.69, 9.17) is 19.8 Å². The summed E-state index contributed by atoms with van der Waals surface area (Å²) >= 11 is 0. The van der Waals surface area contributed by atoms with Gasteiger partial charge in [-0.3, -0.25) is 4.79 Å². The number of para-hydroxylation sites is 1. The Bertz CT molecular complexity index is 1330. The molecule has 0 fully saturated rings. The van der Waals surface area contributed by atoms with Crippen LogP contribution in [0.3, 0.4) is 0 Å². The summed E-state index contributed by atoms with van der Waals surface area (Å²) in [5.41, 5.74) is 5.26. The van der Waals surface area contributed by atoms with Crippen LogP contribution in [0.4, 0.5) is 17.4 Å². The Morgan fingerprint density at radius 1 is 1.06 bits per heavy atom. The quantitative estimate of drug-likeness (QED) is 0.139. The molecule has 0 spiro atoms. The minimum Gasteiger partial charge on any atom is -0.629 e. The molecule has 6 nitrogen and oxygen atoms in total. The second-order valence-electron chi connectivity index (χ2n) is 8.41. The van der Waals surface area contributed by atoms with Crippen molar-refractivity contribution in [2.45, 2.75) is 33.9 Å². The largest absolute Gasteiger partial charge is 0.629 e. The van der Waals surface area contributed by atoms with Crippen LogP contribution in [0.2, 0.25) is 0 Å². The number of aliphatic hydroxyl groups excluding tert-OH is 1. The van der Waals surface area contributed by atoms with Gasteiger partial charge in [-0.05, 0) is 44.3 Å². The number of hydrogen-bond acceptors (Lipinski definition) is 5. The number of nitrogens with zero attached hydrogens (tertiary/aromatic N) is 3. The average molecular weight is 658 g/mol. The number of carbonyl (C=O) groups excluding carboxylic acids is 1. The van der Waals surface area contributed by atoms with Crippen LogP contribution in [0.25, 0.3) is 16.8 Å². The molecule has 0 saturated heterocycles. The van der Waals surface area contributed by atoms with E-state index in [9.17, 15) is 4.79 Å². The number of oxazole rings is 1. The summed E-state index contributed by atoms with van der Waals surface area (Å²) < 4.78 is 6.04. The maximum Gasteiger partial charge on any atom is 0.226 e. The number of aromatic nitrogens is 1. The molecule has 0 bridgehead atoms. The Labute approximate surface area is 225 Å². The van der Waals surface area contributed by atoms with E-state index in [1.165, 1.54) is 25.5 Å². The molecule has 0 aliphatic carbocycles. The monoisotopic (exact) mass is 658 g/mol. The summed E-state index contributed by atoms with van der Waals surface area (Å²) in [4.78, 5) is 16.9. The molecular formula is C29H27IrN3O3-2. The molecule has 2 heterocycles. The normalized spacial score (nSPS) is 14.2. The van der Waals surface area contributed by atoms with Crippen LogP contribution in [0.15, 0.2) is 89.0 Å². The second-order valence-corrected chi connectivity index (χ2v) is 8.41. The van der Waals surface area contributed by atoms with Crippen molar-refractivity contribution >= 4 is 23.2 Å². The van der Waals surface area contributed by atoms with Gasteiger partial charge in [0.05, 0.1) is 11.6 Å². The van der Waals surface area contributed by atoms with E-state index in [2.05, 4.69) is 49.1 Å². The molecule has 36 heavy (non-hydrogen) atoms. The summed E-state index contributed by atoms with van der Waals surface area (Å²) in [6.45, 7) is 7.00. The molecule has 7 heteroatoms. The Kier molecular flexibility index (Phi) is 8.86. The number of allylic oxidation sites excluding steroid dienone is 2. The van der Waals surface area contributed by atoms with E-state index in [1.807, 2.05) is 48.5 Å². The van der Waals surface area contributed by atoms with E-state index in [-0.39, 0.29) is 37.8 Å². The van der Waals surface area contributed by atoms with Crippen molar-refractivity contribution in [3.63, 3.8) is 0 Å². The zero-order chi connectivity index (χ0) is 24.9. The van der Waals surface area contributed by atoms with E-state index in [0.717, 1.165) is 28.2 Å². The molecule has 1 aliphatic heterocycles. The molecule has 1 aromatic heterocycles. The van der Waals surface area contributed by atoms with Crippen LogP contribution in [0, 0.1) is 19.9 Å². The summed E-state index contributed by atoms with van der Waals surface area (Å²) in [5, 5.41) is 13.2. The number of fused-ring (bicyclic) bond motifs is 1. The number of rotatable bonds is 4. The van der Waals surface area contributed by atoms with Crippen LogP contribution in [-0.4, -0.2) is 15.9 Å². The number of aryl methyl sites for hydroxylation is 2. The molecule has 1 radical (unpaired) electrons. The fourth-order valence-electron chi connectivity index (χ4n) is 3.96. The van der Waals surface area contributed by atoms with Crippen molar-refractivity contribution in [1.29, 1.82) is 0 Å². The number of anilines is 2. The second kappa shape index (κ2) is 11.8. The van der Waals surface area contributed by atoms with Crippen LogP contribution in [-0.2, 0) is 24.9 Å². The molecule has 1 aliphatic rings. The molecular weight excluding hydrogens is 631 g/mol. The van der Waals surface area contributed by atoms with Crippen LogP contribution < -0.4 is 4.90 Å². The van der Waals surface area contributed by atoms with Gasteiger partial charge in [-0.25, -0.2) is 0 Å². The third-order valence-electron chi connectivity index (χ3n) is 5.22. The molecule has 4 aromatic rings. The number of carbonyl (C=O) groups is 1. The number of hydrogen-bond donors (Lipinski definition) is 1. The Morgan fingerprint density at radius 3 is 2.25 bits per heavy atom. The predicted octanol–water partition coefficient (Wildman–Crippen LogP) is 7.65. The molecule has 0 amide bonds. The third kappa shape index (κ3) is 6.30. The molecule has 3 aromatic carbocycles. The first-order valence-electron chi connectivity index (χ1n) is 11.3. The minimum absolute atomic E-state index is 0. The van der Waals surface area contributed by atoms with Gasteiger partial charge in [-0.1, -0.05) is 50.2 Å². The van der Waals surface area contributed by atoms with Crippen molar-refractivity contribution in [3.05, 3.63) is 113 Å². The first-order chi connectivity index (χ1) is 16.8. The third-order valence-corrected chi connectivity index (χ3v) is 5.22. The summed E-state index contributed by atoms with van der Waals surface area (Å²) in [6, 6.07) is 27.8. The smallest absolute Gasteiger partial charge is 0.226 e. The van der Waals surface area contributed by atoms with Crippen LogP contribution in [0.1, 0.15) is 36.7 Å². The Hall–Kier alpha value is -3.67. The summed E-state index contributed by atoms with van der Waals surface area (Å²) in [7, 11) is 0. The van der Waals surface area contributed by atoms with Gasteiger partial charge in [-0.2, -0.15) is 39.9 Å². The number of benzene rings is 3. The fourth-order valence-corrected chi connectivity index (χ4v) is 3.96. The maximum absolute atomic E-state index is 10.0. The van der Waals surface area contributed by atoms with E-state index >= 15 is 0 Å². The topological polar surface area (TPSA) is 80.7 Å². The standard InChI is InChI=1S/C24H19N3O.C5H8O2.Ir/c1-16-13-17(2)15-19(14-16)21-25-24-22(27(21)20-11-7-4-8-12-20)26-23(28-24)18-9-5-3-6-10-18;1-4(6)3-5(2)7;/h3-14,21H,1-2H3;3,6H,1-2H3;/q-2;;/b;4-3-;. The van der Waals surface area contributed by atoms with Crippen molar-refractivity contribution in [3.8, 4) is 11.5 Å². The van der Waals surface area contributed by atoms with Gasteiger partial charge in [0.25, 0.3) is 0 Å².